The number of nitro groups is 1. The second kappa shape index (κ2) is 6.42. The number of nitro benzene ring substituents is 1. The number of nitrogens with two attached hydrogens (primary N) is 2. The normalized spacial score (nSPS) is 10.7. The van der Waals surface area contributed by atoms with Crippen LogP contribution in [0.1, 0.15) is 22.6 Å². The van der Waals surface area contributed by atoms with Crippen molar-refractivity contribution < 1.29 is 4.92 Å². The molecule has 24 heavy (non-hydrogen) atoms. The lowest BCUT2D eigenvalue weighted by atomic mass is 9.84. The molecule has 0 aliphatic heterocycles. The van der Waals surface area contributed by atoms with Gasteiger partial charge in [-0.3, -0.25) is 10.1 Å². The van der Waals surface area contributed by atoms with Crippen LogP contribution in [0.2, 0.25) is 0 Å². The molecule has 0 radical (unpaired) electrons. The SMILES string of the molecule is Nc1ccc(C(c2ccc(N)cc2)c2ccccc2[N+](=O)[O-])cc1. The van der Waals surface area contributed by atoms with Crippen LogP contribution in [0.4, 0.5) is 17.1 Å². The van der Waals surface area contributed by atoms with Gasteiger partial charge in [0, 0.05) is 28.9 Å². The topological polar surface area (TPSA) is 95.2 Å². The minimum atomic E-state index is -0.350. The van der Waals surface area contributed by atoms with Crippen molar-refractivity contribution in [3.63, 3.8) is 0 Å². The number of hydrogen-bond acceptors (Lipinski definition) is 4. The van der Waals surface area contributed by atoms with E-state index in [1.807, 2.05) is 30.3 Å². The van der Waals surface area contributed by atoms with Gasteiger partial charge in [0.05, 0.1) is 4.92 Å². The summed E-state index contributed by atoms with van der Waals surface area (Å²) in [5, 5.41) is 11.5. The predicted octanol–water partition coefficient (Wildman–Crippen LogP) is 3.94. The second-order valence-corrected chi connectivity index (χ2v) is 5.58. The number of nitrogen functional groups attached to an aromatic ring is 2. The molecule has 0 fully saturated rings. The monoisotopic (exact) mass is 319 g/mol. The first-order valence-corrected chi connectivity index (χ1v) is 7.50. The summed E-state index contributed by atoms with van der Waals surface area (Å²) in [6.45, 7) is 0. The van der Waals surface area contributed by atoms with Gasteiger partial charge in [-0.1, -0.05) is 42.5 Å². The molecule has 3 rings (SSSR count). The molecule has 0 saturated heterocycles. The van der Waals surface area contributed by atoms with Gasteiger partial charge in [0.2, 0.25) is 0 Å². The van der Waals surface area contributed by atoms with E-state index in [2.05, 4.69) is 0 Å². The van der Waals surface area contributed by atoms with E-state index in [4.69, 9.17) is 11.5 Å². The highest BCUT2D eigenvalue weighted by Crippen LogP contribution is 2.37. The van der Waals surface area contributed by atoms with Crippen LogP contribution in [0.15, 0.2) is 72.8 Å². The smallest absolute Gasteiger partial charge is 0.273 e. The number of rotatable bonds is 4. The van der Waals surface area contributed by atoms with Gasteiger partial charge >= 0.3 is 0 Å². The van der Waals surface area contributed by atoms with Gasteiger partial charge in [-0.2, -0.15) is 0 Å². The molecule has 0 unspecified atom stereocenters. The van der Waals surface area contributed by atoms with Gasteiger partial charge in [-0.25, -0.2) is 0 Å². The number of benzene rings is 3. The zero-order valence-corrected chi connectivity index (χ0v) is 12.9. The molecule has 0 saturated carbocycles. The van der Waals surface area contributed by atoms with Gasteiger partial charge in [0.25, 0.3) is 5.69 Å². The summed E-state index contributed by atoms with van der Waals surface area (Å²) in [5.41, 5.74) is 15.5. The third-order valence-corrected chi connectivity index (χ3v) is 3.98. The molecule has 0 aliphatic carbocycles. The van der Waals surface area contributed by atoms with E-state index >= 15 is 0 Å². The lowest BCUT2D eigenvalue weighted by Crippen LogP contribution is -2.07. The van der Waals surface area contributed by atoms with Crippen LogP contribution in [-0.4, -0.2) is 4.92 Å². The van der Waals surface area contributed by atoms with Crippen molar-refractivity contribution in [2.24, 2.45) is 0 Å². The molecule has 0 aromatic heterocycles. The Morgan fingerprint density at radius 1 is 0.750 bits per heavy atom. The van der Waals surface area contributed by atoms with Crippen molar-refractivity contribution in [2.75, 3.05) is 11.5 Å². The average Bonchev–Trinajstić information content (AvgIpc) is 2.59. The Labute approximate surface area is 139 Å². The van der Waals surface area contributed by atoms with E-state index in [-0.39, 0.29) is 16.5 Å². The van der Waals surface area contributed by atoms with E-state index in [1.165, 1.54) is 6.07 Å². The van der Waals surface area contributed by atoms with Gasteiger partial charge in [0.1, 0.15) is 0 Å². The highest BCUT2D eigenvalue weighted by molar-refractivity contribution is 5.55. The summed E-state index contributed by atoms with van der Waals surface area (Å²) in [4.78, 5) is 11.1. The highest BCUT2D eigenvalue weighted by atomic mass is 16.6. The Morgan fingerprint density at radius 3 is 1.67 bits per heavy atom. The van der Waals surface area contributed by atoms with E-state index in [0.29, 0.717) is 16.9 Å². The van der Waals surface area contributed by atoms with Crippen molar-refractivity contribution in [3.05, 3.63) is 99.6 Å². The molecule has 4 N–H and O–H groups in total. The van der Waals surface area contributed by atoms with Crippen LogP contribution in [0.3, 0.4) is 0 Å². The van der Waals surface area contributed by atoms with Crippen molar-refractivity contribution in [1.29, 1.82) is 0 Å². The fourth-order valence-corrected chi connectivity index (χ4v) is 2.83. The van der Waals surface area contributed by atoms with E-state index in [0.717, 1.165) is 11.1 Å². The summed E-state index contributed by atoms with van der Waals surface area (Å²) in [6.07, 6.45) is 0. The molecule has 0 heterocycles. The summed E-state index contributed by atoms with van der Waals surface area (Å²) in [5.74, 6) is -0.271. The van der Waals surface area contributed by atoms with Crippen LogP contribution >= 0.6 is 0 Å². The number of nitrogens with zero attached hydrogens (tertiary/aromatic N) is 1. The molecule has 0 aliphatic rings. The maximum Gasteiger partial charge on any atom is 0.273 e. The number of anilines is 2. The Kier molecular flexibility index (Phi) is 4.16. The third-order valence-electron chi connectivity index (χ3n) is 3.98. The molecule has 0 atom stereocenters. The molecule has 3 aromatic carbocycles. The second-order valence-electron chi connectivity index (χ2n) is 5.58. The fraction of sp³-hybridized carbons (Fsp3) is 0.0526. The first-order chi connectivity index (χ1) is 11.6. The molecule has 0 amide bonds. The lowest BCUT2D eigenvalue weighted by molar-refractivity contribution is -0.385. The third kappa shape index (κ3) is 3.05. The van der Waals surface area contributed by atoms with Crippen LogP contribution in [0.5, 0.6) is 0 Å². The predicted molar refractivity (Wildman–Crippen MR) is 95.8 cm³/mol. The summed E-state index contributed by atoms with van der Waals surface area (Å²) in [6, 6.07) is 21.6. The van der Waals surface area contributed by atoms with Crippen molar-refractivity contribution in [2.45, 2.75) is 5.92 Å². The van der Waals surface area contributed by atoms with Crippen molar-refractivity contribution in [1.82, 2.24) is 0 Å². The zero-order valence-electron chi connectivity index (χ0n) is 12.9. The first-order valence-electron chi connectivity index (χ1n) is 7.50. The van der Waals surface area contributed by atoms with Crippen LogP contribution in [-0.2, 0) is 0 Å². The summed E-state index contributed by atoms with van der Waals surface area (Å²) in [7, 11) is 0. The maximum absolute atomic E-state index is 11.5. The van der Waals surface area contributed by atoms with Crippen LogP contribution in [0, 0.1) is 10.1 Å². The molecular weight excluding hydrogens is 302 g/mol. The number of para-hydroxylation sites is 1. The maximum atomic E-state index is 11.5. The quantitative estimate of drug-likeness (QED) is 0.329. The Morgan fingerprint density at radius 2 is 1.21 bits per heavy atom. The van der Waals surface area contributed by atoms with Gasteiger partial charge < -0.3 is 11.5 Å². The summed E-state index contributed by atoms with van der Waals surface area (Å²) >= 11 is 0. The van der Waals surface area contributed by atoms with Gasteiger partial charge in [-0.05, 0) is 35.4 Å². The van der Waals surface area contributed by atoms with E-state index < -0.39 is 0 Å². The Balaban J connectivity index is 2.21. The zero-order chi connectivity index (χ0) is 17.1. The molecule has 0 spiro atoms. The first kappa shape index (κ1) is 15.6. The largest absolute Gasteiger partial charge is 0.399 e. The standard InChI is InChI=1S/C19H17N3O2/c20-15-9-5-13(6-10-15)19(14-7-11-16(21)12-8-14)17-3-1-2-4-18(17)22(23)24/h1-12,19H,20-21H2. The van der Waals surface area contributed by atoms with Crippen molar-refractivity contribution >= 4 is 17.1 Å². The van der Waals surface area contributed by atoms with E-state index in [9.17, 15) is 10.1 Å². The van der Waals surface area contributed by atoms with Crippen LogP contribution < -0.4 is 11.5 Å². The van der Waals surface area contributed by atoms with E-state index in [1.54, 1.807) is 36.4 Å². The van der Waals surface area contributed by atoms with Crippen LogP contribution in [0.25, 0.3) is 0 Å². The lowest BCUT2D eigenvalue weighted by Gasteiger charge is -2.19. The molecule has 120 valence electrons. The Hall–Kier alpha value is -3.34. The molecule has 5 nitrogen and oxygen atoms in total. The molecule has 3 aromatic rings. The van der Waals surface area contributed by atoms with Gasteiger partial charge in [-0.15, -0.1) is 0 Å². The molecular formula is C19H17N3O2. The summed E-state index contributed by atoms with van der Waals surface area (Å²) < 4.78 is 0. The Bertz CT molecular complexity index is 813. The minimum Gasteiger partial charge on any atom is -0.399 e. The average molecular weight is 319 g/mol. The molecule has 0 bridgehead atoms. The van der Waals surface area contributed by atoms with Crippen molar-refractivity contribution in [3.8, 4) is 0 Å². The van der Waals surface area contributed by atoms with Gasteiger partial charge in [0.15, 0.2) is 0 Å². The number of hydrogen-bond donors (Lipinski definition) is 2. The molecule has 5 heteroatoms. The minimum absolute atomic E-state index is 0.0937. The fourth-order valence-electron chi connectivity index (χ4n) is 2.83. The highest BCUT2D eigenvalue weighted by Gasteiger charge is 2.24.